The van der Waals surface area contributed by atoms with Gasteiger partial charge in [-0.05, 0) is 61.7 Å². The van der Waals surface area contributed by atoms with Crippen LogP contribution in [0.2, 0.25) is 0 Å². The van der Waals surface area contributed by atoms with E-state index < -0.39 is 11.9 Å². The number of carboxylic acid groups (broad SMARTS) is 1. The summed E-state index contributed by atoms with van der Waals surface area (Å²) in [5.74, 6) is -0.381. The van der Waals surface area contributed by atoms with E-state index in [0.29, 0.717) is 11.8 Å². The highest BCUT2D eigenvalue weighted by atomic mass is 16.4. The Morgan fingerprint density at radius 3 is 2.27 bits per heavy atom. The first-order valence-electron chi connectivity index (χ1n) is 8.80. The summed E-state index contributed by atoms with van der Waals surface area (Å²) in [4.78, 5) is 24.3. The standard InChI is InChI=1S/C18H29NO3/c1-10-6-13(9-18(2,3)8-10)19-16(20)14-11-4-5-12(7-11)15(14)17(21)22/h10-15H,4-9H2,1-3H3,(H,19,20)(H,21,22)/t10-,11+,12+,13-,14-,15+/m1/s1. The van der Waals surface area contributed by atoms with Crippen molar-refractivity contribution in [3.05, 3.63) is 0 Å². The summed E-state index contributed by atoms with van der Waals surface area (Å²) in [5, 5.41) is 12.7. The Kier molecular flexibility index (Phi) is 3.98. The zero-order valence-electron chi connectivity index (χ0n) is 14.0. The first-order chi connectivity index (χ1) is 10.3. The summed E-state index contributed by atoms with van der Waals surface area (Å²) >= 11 is 0. The van der Waals surface area contributed by atoms with Gasteiger partial charge < -0.3 is 10.4 Å². The Hall–Kier alpha value is -1.06. The fraction of sp³-hybridized carbons (Fsp3) is 0.889. The number of carbonyl (C=O) groups is 2. The molecule has 4 nitrogen and oxygen atoms in total. The molecule has 3 saturated carbocycles. The van der Waals surface area contributed by atoms with E-state index in [1.807, 2.05) is 0 Å². The number of carbonyl (C=O) groups excluding carboxylic acids is 1. The van der Waals surface area contributed by atoms with Crippen LogP contribution in [-0.4, -0.2) is 23.0 Å². The van der Waals surface area contributed by atoms with Crippen LogP contribution in [0.5, 0.6) is 0 Å². The lowest BCUT2D eigenvalue weighted by atomic mass is 9.70. The number of amides is 1. The van der Waals surface area contributed by atoms with E-state index in [9.17, 15) is 14.7 Å². The van der Waals surface area contributed by atoms with Crippen LogP contribution >= 0.6 is 0 Å². The molecule has 2 bridgehead atoms. The van der Waals surface area contributed by atoms with Crippen LogP contribution < -0.4 is 5.32 Å². The summed E-state index contributed by atoms with van der Waals surface area (Å²) in [6.45, 7) is 6.77. The van der Waals surface area contributed by atoms with Crippen molar-refractivity contribution in [2.24, 2.45) is 35.0 Å². The minimum Gasteiger partial charge on any atom is -0.481 e. The number of hydrogen-bond acceptors (Lipinski definition) is 2. The zero-order valence-corrected chi connectivity index (χ0v) is 14.0. The van der Waals surface area contributed by atoms with Gasteiger partial charge >= 0.3 is 5.97 Å². The van der Waals surface area contributed by atoms with Gasteiger partial charge in [0, 0.05) is 6.04 Å². The zero-order chi connectivity index (χ0) is 16.1. The molecule has 124 valence electrons. The Balaban J connectivity index is 1.68. The number of hydrogen-bond donors (Lipinski definition) is 2. The lowest BCUT2D eigenvalue weighted by Gasteiger charge is -2.40. The average molecular weight is 307 g/mol. The van der Waals surface area contributed by atoms with Gasteiger partial charge in [0.2, 0.25) is 5.91 Å². The molecule has 0 radical (unpaired) electrons. The highest BCUT2D eigenvalue weighted by Crippen LogP contribution is 2.52. The molecule has 0 unspecified atom stereocenters. The average Bonchev–Trinajstić information content (AvgIpc) is 2.95. The smallest absolute Gasteiger partial charge is 0.307 e. The third-order valence-electron chi connectivity index (χ3n) is 6.24. The molecule has 0 spiro atoms. The Bertz CT molecular complexity index is 473. The van der Waals surface area contributed by atoms with Gasteiger partial charge in [-0.15, -0.1) is 0 Å². The Morgan fingerprint density at radius 2 is 1.68 bits per heavy atom. The first-order valence-corrected chi connectivity index (χ1v) is 8.80. The van der Waals surface area contributed by atoms with Gasteiger partial charge in [0.05, 0.1) is 11.8 Å². The molecule has 0 aromatic heterocycles. The summed E-state index contributed by atoms with van der Waals surface area (Å²) < 4.78 is 0. The normalized spacial score (nSPS) is 43.0. The van der Waals surface area contributed by atoms with Crippen molar-refractivity contribution in [2.45, 2.75) is 65.3 Å². The van der Waals surface area contributed by atoms with E-state index in [-0.39, 0.29) is 29.2 Å². The molecular formula is C18H29NO3. The van der Waals surface area contributed by atoms with Crippen molar-refractivity contribution in [1.29, 1.82) is 0 Å². The lowest BCUT2D eigenvalue weighted by Crippen LogP contribution is -2.48. The van der Waals surface area contributed by atoms with E-state index in [0.717, 1.165) is 32.1 Å². The summed E-state index contributed by atoms with van der Waals surface area (Å²) in [6.07, 6.45) is 6.17. The summed E-state index contributed by atoms with van der Waals surface area (Å²) in [5.41, 5.74) is 0.260. The summed E-state index contributed by atoms with van der Waals surface area (Å²) in [7, 11) is 0. The molecular weight excluding hydrogens is 278 g/mol. The molecule has 0 heterocycles. The van der Waals surface area contributed by atoms with Gasteiger partial charge in [-0.2, -0.15) is 0 Å². The second kappa shape index (κ2) is 5.54. The van der Waals surface area contributed by atoms with Gasteiger partial charge in [-0.25, -0.2) is 0 Å². The number of rotatable bonds is 3. The van der Waals surface area contributed by atoms with Crippen LogP contribution in [0, 0.1) is 35.0 Å². The van der Waals surface area contributed by atoms with Crippen LogP contribution in [0.15, 0.2) is 0 Å². The molecule has 6 atom stereocenters. The minimum atomic E-state index is -0.773. The number of nitrogens with one attached hydrogen (secondary N) is 1. The van der Waals surface area contributed by atoms with Crippen molar-refractivity contribution in [3.8, 4) is 0 Å². The lowest BCUT2D eigenvalue weighted by molar-refractivity contribution is -0.149. The predicted molar refractivity (Wildman–Crippen MR) is 84.2 cm³/mol. The van der Waals surface area contributed by atoms with Gasteiger partial charge in [0.15, 0.2) is 0 Å². The van der Waals surface area contributed by atoms with Gasteiger partial charge in [0.1, 0.15) is 0 Å². The first kappa shape index (κ1) is 15.8. The maximum Gasteiger partial charge on any atom is 0.307 e. The molecule has 1 amide bonds. The third kappa shape index (κ3) is 2.89. The summed E-state index contributed by atoms with van der Waals surface area (Å²) in [6, 6.07) is 0.208. The van der Waals surface area contributed by atoms with Gasteiger partial charge in [0.25, 0.3) is 0 Å². The molecule has 3 fully saturated rings. The fourth-order valence-corrected chi connectivity index (χ4v) is 5.78. The van der Waals surface area contributed by atoms with Crippen LogP contribution in [0.4, 0.5) is 0 Å². The van der Waals surface area contributed by atoms with Crippen molar-refractivity contribution in [2.75, 3.05) is 0 Å². The van der Waals surface area contributed by atoms with E-state index in [1.165, 1.54) is 6.42 Å². The fourth-order valence-electron chi connectivity index (χ4n) is 5.78. The largest absolute Gasteiger partial charge is 0.481 e. The van der Waals surface area contributed by atoms with Crippen molar-refractivity contribution in [3.63, 3.8) is 0 Å². The van der Waals surface area contributed by atoms with Crippen LogP contribution in [0.3, 0.4) is 0 Å². The molecule has 0 aliphatic heterocycles. The van der Waals surface area contributed by atoms with Crippen LogP contribution in [0.1, 0.15) is 59.3 Å². The highest BCUT2D eigenvalue weighted by molar-refractivity contribution is 5.86. The maximum absolute atomic E-state index is 12.8. The van der Waals surface area contributed by atoms with Crippen LogP contribution in [0.25, 0.3) is 0 Å². The minimum absolute atomic E-state index is 0.00880. The topological polar surface area (TPSA) is 66.4 Å². The second-order valence-electron chi connectivity index (χ2n) is 8.84. The van der Waals surface area contributed by atoms with E-state index in [4.69, 9.17) is 0 Å². The third-order valence-corrected chi connectivity index (χ3v) is 6.24. The quantitative estimate of drug-likeness (QED) is 0.842. The molecule has 0 saturated heterocycles. The van der Waals surface area contributed by atoms with Gasteiger partial charge in [-0.3, -0.25) is 9.59 Å². The van der Waals surface area contributed by atoms with Gasteiger partial charge in [-0.1, -0.05) is 20.8 Å². The highest BCUT2D eigenvalue weighted by Gasteiger charge is 2.54. The number of fused-ring (bicyclic) bond motifs is 2. The molecule has 22 heavy (non-hydrogen) atoms. The molecule has 3 rings (SSSR count). The maximum atomic E-state index is 12.8. The molecule has 3 aliphatic carbocycles. The number of carboxylic acids is 1. The van der Waals surface area contributed by atoms with E-state index in [1.54, 1.807) is 0 Å². The molecule has 3 aliphatic rings. The van der Waals surface area contributed by atoms with Crippen LogP contribution in [-0.2, 0) is 9.59 Å². The molecule has 4 heteroatoms. The van der Waals surface area contributed by atoms with E-state index in [2.05, 4.69) is 26.1 Å². The van der Waals surface area contributed by atoms with E-state index >= 15 is 0 Å². The predicted octanol–water partition coefficient (Wildman–Crippen LogP) is 3.06. The molecule has 0 aromatic carbocycles. The molecule has 2 N–H and O–H groups in total. The Labute approximate surface area is 133 Å². The van der Waals surface area contributed by atoms with Crippen molar-refractivity contribution >= 4 is 11.9 Å². The monoisotopic (exact) mass is 307 g/mol. The SMILES string of the molecule is C[C@@H]1C[C@@H](NC(=O)[C@@H]2[C@H]3CC[C@@H](C3)[C@@H]2C(=O)O)CC(C)(C)C1. The number of aliphatic carboxylic acids is 1. The second-order valence-corrected chi connectivity index (χ2v) is 8.84. The molecule has 0 aromatic rings. The Morgan fingerprint density at radius 1 is 1.05 bits per heavy atom. The van der Waals surface area contributed by atoms with Crippen molar-refractivity contribution in [1.82, 2.24) is 5.32 Å². The van der Waals surface area contributed by atoms with Crippen molar-refractivity contribution < 1.29 is 14.7 Å².